The Morgan fingerprint density at radius 1 is 1.32 bits per heavy atom. The first-order valence-electron chi connectivity index (χ1n) is 7.36. The Morgan fingerprint density at radius 2 is 1.84 bits per heavy atom. The van der Waals surface area contributed by atoms with Gasteiger partial charge < -0.3 is 30.7 Å². The normalized spacial score (nSPS) is 13.1. The van der Waals surface area contributed by atoms with Crippen molar-refractivity contribution in [2.45, 2.75) is 38.5 Å². The van der Waals surface area contributed by atoms with Crippen molar-refractivity contribution in [2.24, 2.45) is 5.73 Å². The van der Waals surface area contributed by atoms with Crippen molar-refractivity contribution >= 4 is 31.0 Å². The smallest absolute Gasteiger partial charge is 0.325 e. The maximum atomic E-state index is 11.3. The number of esters is 1. The monoisotopic (exact) mass is 382 g/mol. The number of carbonyl (C=O) groups is 3. The molecule has 0 aromatic rings. The summed E-state index contributed by atoms with van der Waals surface area (Å²) in [5.41, 5.74) is 5.19. The maximum Gasteiger partial charge on any atom is 0.325 e. The van der Waals surface area contributed by atoms with Crippen LogP contribution in [0.25, 0.3) is 0 Å². The molecule has 0 aromatic heterocycles. The van der Waals surface area contributed by atoms with Crippen LogP contribution in [0.2, 0.25) is 0 Å². The molecule has 0 radical (unpaired) electrons. The fraction of sp³-hybridized carbons (Fsp3) is 0.667. The topological polar surface area (TPSA) is 148 Å². The highest BCUT2D eigenvalue weighted by atomic mass is 32.1. The largest absolute Gasteiger partial charge is 0.468 e. The van der Waals surface area contributed by atoms with Gasteiger partial charge in [-0.3, -0.25) is 14.4 Å². The number of amides is 1. The molecule has 1 amide bonds. The summed E-state index contributed by atoms with van der Waals surface area (Å²) in [5, 5.41) is 17.8. The van der Waals surface area contributed by atoms with Crippen LogP contribution >= 0.6 is 12.6 Å². The first-order valence-corrected chi connectivity index (χ1v) is 8.00. The van der Waals surface area contributed by atoms with Crippen LogP contribution in [0, 0.1) is 0 Å². The number of nitrogens with one attached hydrogen (secondary N) is 1. The van der Waals surface area contributed by atoms with E-state index in [9.17, 15) is 14.4 Å². The molecular weight excluding hydrogens is 352 g/mol. The number of aliphatic hydroxyl groups is 2. The van der Waals surface area contributed by atoms with E-state index in [1.807, 2.05) is 0 Å². The van der Waals surface area contributed by atoms with Crippen LogP contribution in [0.4, 0.5) is 0 Å². The molecule has 0 saturated carbocycles. The fourth-order valence-electron chi connectivity index (χ4n) is 0.943. The predicted octanol–water partition coefficient (Wildman–Crippen LogP) is -0.984. The molecular formula is C15H30N2O7S. The molecule has 0 aromatic carbocycles. The number of aliphatic hydroxyl groups excluding tert-OH is 2. The molecule has 0 aliphatic heterocycles. The Morgan fingerprint density at radius 3 is 2.20 bits per heavy atom. The molecule has 0 rings (SSSR count). The van der Waals surface area contributed by atoms with Gasteiger partial charge in [0.2, 0.25) is 5.91 Å². The number of methoxy groups -OCH3 is 1. The molecule has 0 fully saturated rings. The summed E-state index contributed by atoms with van der Waals surface area (Å²) in [4.78, 5) is 32.3. The summed E-state index contributed by atoms with van der Waals surface area (Å²) in [5.74, 6) is -0.481. The van der Waals surface area contributed by atoms with Crippen LogP contribution in [0.15, 0.2) is 12.2 Å². The number of thiol groups is 1. The van der Waals surface area contributed by atoms with Crippen LogP contribution in [-0.2, 0) is 23.9 Å². The Bertz CT molecular complexity index is 371. The van der Waals surface area contributed by atoms with Crippen LogP contribution in [0.1, 0.15) is 20.3 Å². The SMILES string of the molecule is CC(N)C(C)O.CO.COC(=O)CNC(=O)CC(/C=C/CS)OC=O. The second kappa shape index (κ2) is 20.4. The number of nitrogens with two attached hydrogens (primary N) is 1. The summed E-state index contributed by atoms with van der Waals surface area (Å²) in [6, 6.07) is -0.0926. The van der Waals surface area contributed by atoms with E-state index in [-0.39, 0.29) is 31.6 Å². The van der Waals surface area contributed by atoms with Gasteiger partial charge in [0.05, 0.1) is 19.6 Å². The summed E-state index contributed by atoms with van der Waals surface area (Å²) in [6.07, 6.45) is 2.13. The molecule has 0 saturated heterocycles. The summed E-state index contributed by atoms with van der Waals surface area (Å²) >= 11 is 3.94. The van der Waals surface area contributed by atoms with E-state index >= 15 is 0 Å². The lowest BCUT2D eigenvalue weighted by atomic mass is 10.2. The highest BCUT2D eigenvalue weighted by molar-refractivity contribution is 7.80. The zero-order valence-corrected chi connectivity index (χ0v) is 15.9. The molecule has 0 bridgehead atoms. The lowest BCUT2D eigenvalue weighted by molar-refractivity contribution is -0.142. The molecule has 0 aliphatic carbocycles. The van der Waals surface area contributed by atoms with Gasteiger partial charge >= 0.3 is 5.97 Å². The van der Waals surface area contributed by atoms with E-state index in [1.54, 1.807) is 26.0 Å². The van der Waals surface area contributed by atoms with E-state index < -0.39 is 18.0 Å². The van der Waals surface area contributed by atoms with Crippen LogP contribution in [-0.4, -0.2) is 73.3 Å². The zero-order chi connectivity index (χ0) is 20.3. The lowest BCUT2D eigenvalue weighted by Crippen LogP contribution is -2.32. The molecule has 3 unspecified atom stereocenters. The van der Waals surface area contributed by atoms with E-state index in [0.717, 1.165) is 7.11 Å². The fourth-order valence-corrected chi connectivity index (χ4v) is 1.07. The number of hydrogen-bond donors (Lipinski definition) is 5. The van der Waals surface area contributed by atoms with Crippen LogP contribution in [0.5, 0.6) is 0 Å². The summed E-state index contributed by atoms with van der Waals surface area (Å²) in [7, 11) is 2.22. The van der Waals surface area contributed by atoms with Gasteiger partial charge in [0.1, 0.15) is 12.6 Å². The summed E-state index contributed by atoms with van der Waals surface area (Å²) in [6.45, 7) is 3.50. The quantitative estimate of drug-likeness (QED) is 0.148. The maximum absolute atomic E-state index is 11.3. The van der Waals surface area contributed by atoms with Crippen molar-refractivity contribution in [3.05, 3.63) is 12.2 Å². The lowest BCUT2D eigenvalue weighted by Gasteiger charge is -2.10. The molecule has 9 nitrogen and oxygen atoms in total. The minimum absolute atomic E-state index is 0.0555. The van der Waals surface area contributed by atoms with Crippen molar-refractivity contribution in [1.82, 2.24) is 5.32 Å². The van der Waals surface area contributed by atoms with Gasteiger partial charge in [0.25, 0.3) is 6.47 Å². The Hall–Kier alpha value is -1.62. The number of hydrogen-bond acceptors (Lipinski definition) is 9. The van der Waals surface area contributed by atoms with Gasteiger partial charge in [-0.25, -0.2) is 0 Å². The minimum atomic E-state index is -0.655. The third-order valence-electron chi connectivity index (χ3n) is 2.49. The van der Waals surface area contributed by atoms with Gasteiger partial charge in [-0.2, -0.15) is 12.6 Å². The minimum Gasteiger partial charge on any atom is -0.468 e. The highest BCUT2D eigenvalue weighted by Crippen LogP contribution is 2.00. The first-order chi connectivity index (χ1) is 11.8. The Labute approximate surface area is 154 Å². The van der Waals surface area contributed by atoms with Crippen LogP contribution < -0.4 is 11.1 Å². The third-order valence-corrected chi connectivity index (χ3v) is 2.70. The van der Waals surface area contributed by atoms with Gasteiger partial charge in [-0.05, 0) is 19.9 Å². The third kappa shape index (κ3) is 22.4. The second-order valence-corrected chi connectivity index (χ2v) is 4.90. The van der Waals surface area contributed by atoms with Gasteiger partial charge in [0, 0.05) is 18.9 Å². The van der Waals surface area contributed by atoms with E-state index in [4.69, 9.17) is 15.9 Å². The van der Waals surface area contributed by atoms with Crippen molar-refractivity contribution in [3.8, 4) is 0 Å². The van der Waals surface area contributed by atoms with Crippen molar-refractivity contribution in [2.75, 3.05) is 26.5 Å². The molecule has 148 valence electrons. The number of ether oxygens (including phenoxy) is 2. The highest BCUT2D eigenvalue weighted by Gasteiger charge is 2.12. The number of carbonyl (C=O) groups excluding carboxylic acids is 3. The molecule has 0 spiro atoms. The van der Waals surface area contributed by atoms with Gasteiger partial charge in [-0.1, -0.05) is 6.08 Å². The van der Waals surface area contributed by atoms with Gasteiger partial charge in [-0.15, -0.1) is 0 Å². The zero-order valence-electron chi connectivity index (χ0n) is 15.0. The molecule has 0 heterocycles. The molecule has 5 N–H and O–H groups in total. The summed E-state index contributed by atoms with van der Waals surface area (Å²) < 4.78 is 9.02. The van der Waals surface area contributed by atoms with Crippen molar-refractivity contribution in [3.63, 3.8) is 0 Å². The Balaban J connectivity index is -0.000000507. The van der Waals surface area contributed by atoms with E-state index in [2.05, 4.69) is 27.4 Å². The molecule has 3 atom stereocenters. The standard InChI is InChI=1S/C10H15NO5S.C4H11NO.CH4O/c1-15-10(14)6-11-9(13)5-8(16-7-12)3-2-4-17;1-3(5)4(2)6;1-2/h2-3,7-8,17H,4-6H2,1H3,(H,11,13);3-4,6H,5H2,1-2H3;2H,1H3/b3-2+;;. The molecule has 0 aliphatic rings. The Kier molecular flexibility index (Phi) is 23.0. The molecule has 25 heavy (non-hydrogen) atoms. The first kappa shape index (κ1) is 28.2. The average molecular weight is 382 g/mol. The van der Waals surface area contributed by atoms with E-state index in [0.29, 0.717) is 5.75 Å². The average Bonchev–Trinajstić information content (AvgIpc) is 2.59. The van der Waals surface area contributed by atoms with Crippen molar-refractivity contribution in [1.29, 1.82) is 0 Å². The van der Waals surface area contributed by atoms with Crippen molar-refractivity contribution < 1.29 is 34.1 Å². The van der Waals surface area contributed by atoms with E-state index in [1.165, 1.54) is 7.11 Å². The second-order valence-electron chi connectivity index (χ2n) is 4.54. The number of rotatable bonds is 9. The van der Waals surface area contributed by atoms with Crippen LogP contribution in [0.3, 0.4) is 0 Å². The van der Waals surface area contributed by atoms with Gasteiger partial charge in [0.15, 0.2) is 0 Å². The molecule has 10 heteroatoms. The predicted molar refractivity (Wildman–Crippen MR) is 97.0 cm³/mol.